The Balaban J connectivity index is 1.74. The van der Waals surface area contributed by atoms with Crippen LogP contribution in [0.2, 0.25) is 0 Å². The fourth-order valence-electron chi connectivity index (χ4n) is 4.68. The Bertz CT molecular complexity index is 815. The molecule has 0 amide bonds. The molecule has 1 aliphatic carbocycles. The number of rotatable bonds is 5. The lowest BCUT2D eigenvalue weighted by atomic mass is 9.65. The van der Waals surface area contributed by atoms with Crippen molar-refractivity contribution in [3.8, 4) is 5.75 Å². The number of benzene rings is 2. The summed E-state index contributed by atoms with van der Waals surface area (Å²) in [6, 6.07) is 12.1. The number of nitrogens with one attached hydrogen (secondary N) is 1. The highest BCUT2D eigenvalue weighted by molar-refractivity contribution is 6.06. The number of carbonyl (C=O) groups excluding carboxylic acids is 1. The van der Waals surface area contributed by atoms with E-state index < -0.39 is 0 Å². The Kier molecular flexibility index (Phi) is 4.72. The van der Waals surface area contributed by atoms with Crippen molar-refractivity contribution in [1.29, 1.82) is 0 Å². The fraction of sp³-hybridized carbons (Fsp3) is 0.500. The minimum Gasteiger partial charge on any atom is -0.497 e. The van der Waals surface area contributed by atoms with Gasteiger partial charge in [0.05, 0.1) is 7.11 Å². The van der Waals surface area contributed by atoms with E-state index in [1.54, 1.807) is 7.11 Å². The molecule has 0 radical (unpaired) electrons. The van der Waals surface area contributed by atoms with Gasteiger partial charge in [0.2, 0.25) is 0 Å². The molecule has 2 aliphatic rings. The maximum Gasteiger partial charge on any atom is 0.184 e. The van der Waals surface area contributed by atoms with Crippen molar-refractivity contribution in [3.05, 3.63) is 42.0 Å². The maximum atomic E-state index is 13.8. The minimum atomic E-state index is -0.384. The van der Waals surface area contributed by atoms with Gasteiger partial charge in [0.25, 0.3) is 0 Å². The largest absolute Gasteiger partial charge is 0.497 e. The normalized spacial score (nSPS) is 24.4. The lowest BCUT2D eigenvalue weighted by molar-refractivity contribution is -0.00503. The maximum absolute atomic E-state index is 13.8. The number of nitrogens with zero attached hydrogens (tertiary/aromatic N) is 1. The Morgan fingerprint density at radius 3 is 2.69 bits per heavy atom. The summed E-state index contributed by atoms with van der Waals surface area (Å²) in [5.41, 5.74) is 0.447. The average molecular weight is 352 g/mol. The Hall–Kier alpha value is -1.91. The van der Waals surface area contributed by atoms with Crippen molar-refractivity contribution in [2.75, 3.05) is 33.3 Å². The van der Waals surface area contributed by atoms with Crippen LogP contribution in [0.15, 0.2) is 36.4 Å². The summed E-state index contributed by atoms with van der Waals surface area (Å²) in [5, 5.41) is 5.71. The molecule has 2 aromatic carbocycles. The van der Waals surface area contributed by atoms with E-state index in [1.165, 1.54) is 6.42 Å². The molecule has 2 aromatic rings. The third-order valence-electron chi connectivity index (χ3n) is 6.38. The van der Waals surface area contributed by atoms with Crippen LogP contribution in [0.25, 0.3) is 10.8 Å². The number of piperazine rings is 1. The lowest BCUT2D eigenvalue weighted by Crippen LogP contribution is -2.69. The Labute approximate surface area is 155 Å². The van der Waals surface area contributed by atoms with Crippen molar-refractivity contribution < 1.29 is 9.53 Å². The predicted octanol–water partition coefficient (Wildman–Crippen LogP) is 3.50. The van der Waals surface area contributed by atoms with Crippen LogP contribution in [0.4, 0.5) is 0 Å². The summed E-state index contributed by atoms with van der Waals surface area (Å²) in [7, 11) is 1.68. The number of ether oxygens (including phenoxy) is 1. The van der Waals surface area contributed by atoms with E-state index in [0.717, 1.165) is 61.1 Å². The molecule has 1 saturated carbocycles. The van der Waals surface area contributed by atoms with Gasteiger partial charge in [-0.2, -0.15) is 0 Å². The van der Waals surface area contributed by atoms with Crippen LogP contribution >= 0.6 is 0 Å². The standard InChI is InChI=1S/C22H28N2O2/c1-3-24-12-11-23-15-22(24,19-5-4-6-19)21(25)18-8-7-17-14-20(26-2)10-9-16(17)13-18/h7-10,13-14,19,23H,3-6,11-12,15H2,1-2H3. The van der Waals surface area contributed by atoms with Crippen LogP contribution in [0.5, 0.6) is 5.75 Å². The fourth-order valence-corrected chi connectivity index (χ4v) is 4.68. The van der Waals surface area contributed by atoms with Crippen LogP contribution in [0.1, 0.15) is 36.5 Å². The first-order valence-electron chi connectivity index (χ1n) is 9.77. The van der Waals surface area contributed by atoms with Gasteiger partial charge in [-0.15, -0.1) is 0 Å². The Morgan fingerprint density at radius 1 is 1.23 bits per heavy atom. The predicted molar refractivity (Wildman–Crippen MR) is 105 cm³/mol. The highest BCUT2D eigenvalue weighted by atomic mass is 16.5. The summed E-state index contributed by atoms with van der Waals surface area (Å²) in [4.78, 5) is 16.2. The first-order valence-corrected chi connectivity index (χ1v) is 9.77. The molecular formula is C22H28N2O2. The number of likely N-dealkylation sites (N-methyl/N-ethyl adjacent to an activating group) is 1. The number of hydrogen-bond donors (Lipinski definition) is 1. The topological polar surface area (TPSA) is 41.6 Å². The molecule has 4 heteroatoms. The third kappa shape index (κ3) is 2.72. The molecule has 1 atom stereocenters. The van der Waals surface area contributed by atoms with E-state index in [9.17, 15) is 4.79 Å². The van der Waals surface area contributed by atoms with Crippen LogP contribution in [-0.2, 0) is 0 Å². The van der Waals surface area contributed by atoms with Gasteiger partial charge in [-0.3, -0.25) is 9.69 Å². The molecule has 2 fully saturated rings. The summed E-state index contributed by atoms with van der Waals surface area (Å²) < 4.78 is 5.31. The van der Waals surface area contributed by atoms with Gasteiger partial charge in [-0.05, 0) is 54.3 Å². The van der Waals surface area contributed by atoms with Crippen LogP contribution in [0, 0.1) is 5.92 Å². The quantitative estimate of drug-likeness (QED) is 0.837. The van der Waals surface area contributed by atoms with Crippen molar-refractivity contribution in [2.45, 2.75) is 31.7 Å². The van der Waals surface area contributed by atoms with Gasteiger partial charge in [0.15, 0.2) is 5.78 Å². The number of methoxy groups -OCH3 is 1. The van der Waals surface area contributed by atoms with E-state index in [-0.39, 0.29) is 11.3 Å². The van der Waals surface area contributed by atoms with Crippen LogP contribution in [-0.4, -0.2) is 49.5 Å². The molecule has 26 heavy (non-hydrogen) atoms. The van der Waals surface area contributed by atoms with Gasteiger partial charge in [-0.1, -0.05) is 31.5 Å². The molecule has 1 heterocycles. The zero-order valence-electron chi connectivity index (χ0n) is 15.8. The van der Waals surface area contributed by atoms with E-state index >= 15 is 0 Å². The number of carbonyl (C=O) groups is 1. The molecular weight excluding hydrogens is 324 g/mol. The Morgan fingerprint density at radius 2 is 2.00 bits per heavy atom. The average Bonchev–Trinajstić information content (AvgIpc) is 2.65. The smallest absolute Gasteiger partial charge is 0.184 e. The summed E-state index contributed by atoms with van der Waals surface area (Å²) in [6.45, 7) is 5.79. The molecule has 0 spiro atoms. The first-order chi connectivity index (χ1) is 12.7. The summed E-state index contributed by atoms with van der Waals surface area (Å²) in [6.07, 6.45) is 3.57. The number of Topliss-reactive ketones (excluding diaryl/α,β-unsaturated/α-hetero) is 1. The molecule has 1 unspecified atom stereocenters. The second-order valence-electron chi connectivity index (χ2n) is 7.57. The zero-order valence-corrected chi connectivity index (χ0v) is 15.8. The minimum absolute atomic E-state index is 0.286. The van der Waals surface area contributed by atoms with Crippen molar-refractivity contribution in [3.63, 3.8) is 0 Å². The van der Waals surface area contributed by atoms with E-state index in [1.807, 2.05) is 30.3 Å². The number of hydrogen-bond acceptors (Lipinski definition) is 4. The third-order valence-corrected chi connectivity index (χ3v) is 6.38. The van der Waals surface area contributed by atoms with Gasteiger partial charge in [0, 0.05) is 25.2 Å². The molecule has 1 N–H and O–H groups in total. The number of ketones is 1. The zero-order chi connectivity index (χ0) is 18.1. The SMILES string of the molecule is CCN1CCNCC1(C(=O)c1ccc2cc(OC)ccc2c1)C1CCC1. The van der Waals surface area contributed by atoms with E-state index in [0.29, 0.717) is 5.92 Å². The second kappa shape index (κ2) is 7.01. The van der Waals surface area contributed by atoms with Crippen molar-refractivity contribution in [2.24, 2.45) is 5.92 Å². The highest BCUT2D eigenvalue weighted by Gasteiger charge is 2.52. The van der Waals surface area contributed by atoms with E-state index in [4.69, 9.17) is 4.74 Å². The molecule has 1 aliphatic heterocycles. The van der Waals surface area contributed by atoms with E-state index in [2.05, 4.69) is 23.2 Å². The molecule has 4 rings (SSSR count). The molecule has 0 bridgehead atoms. The van der Waals surface area contributed by atoms with Crippen LogP contribution < -0.4 is 10.1 Å². The molecule has 0 aromatic heterocycles. The summed E-state index contributed by atoms with van der Waals surface area (Å²) in [5.74, 6) is 1.60. The first kappa shape index (κ1) is 17.5. The highest BCUT2D eigenvalue weighted by Crippen LogP contribution is 2.42. The van der Waals surface area contributed by atoms with Crippen molar-refractivity contribution in [1.82, 2.24) is 10.2 Å². The monoisotopic (exact) mass is 352 g/mol. The van der Waals surface area contributed by atoms with Gasteiger partial charge >= 0.3 is 0 Å². The summed E-state index contributed by atoms with van der Waals surface area (Å²) >= 11 is 0. The molecule has 1 saturated heterocycles. The molecule has 138 valence electrons. The van der Waals surface area contributed by atoms with Crippen molar-refractivity contribution >= 4 is 16.6 Å². The second-order valence-corrected chi connectivity index (χ2v) is 7.57. The number of fused-ring (bicyclic) bond motifs is 1. The van der Waals surface area contributed by atoms with Gasteiger partial charge in [0.1, 0.15) is 11.3 Å². The van der Waals surface area contributed by atoms with Gasteiger partial charge < -0.3 is 10.1 Å². The van der Waals surface area contributed by atoms with Gasteiger partial charge in [-0.25, -0.2) is 0 Å². The molecule has 4 nitrogen and oxygen atoms in total. The van der Waals surface area contributed by atoms with Crippen LogP contribution in [0.3, 0.4) is 0 Å². The lowest BCUT2D eigenvalue weighted by Gasteiger charge is -2.53.